The molecule has 0 fully saturated rings. The van der Waals surface area contributed by atoms with Crippen LogP contribution in [0, 0.1) is 0 Å². The molecule has 0 radical (unpaired) electrons. The van der Waals surface area contributed by atoms with E-state index >= 15 is 0 Å². The van der Waals surface area contributed by atoms with Gasteiger partial charge in [-0.1, -0.05) is 37.9 Å². The molecule has 0 bridgehead atoms. The van der Waals surface area contributed by atoms with Gasteiger partial charge in [-0.3, -0.25) is 0 Å². The molecule has 0 amide bonds. The Kier molecular flexibility index (Phi) is 4.71. The first-order chi connectivity index (χ1) is 9.06. The lowest BCUT2D eigenvalue weighted by Gasteiger charge is -2.08. The molecular weight excluding hydrogens is 372 g/mol. The van der Waals surface area contributed by atoms with Crippen molar-refractivity contribution in [1.29, 1.82) is 0 Å². The average molecular weight is 384 g/mol. The van der Waals surface area contributed by atoms with Gasteiger partial charge in [0.25, 0.3) is 0 Å². The molecule has 2 rings (SSSR count). The number of azo groups is 1. The lowest BCUT2D eigenvalue weighted by atomic mass is 10.1. The third-order valence-electron chi connectivity index (χ3n) is 2.62. The summed E-state index contributed by atoms with van der Waals surface area (Å²) in [7, 11) is 0. The van der Waals surface area contributed by atoms with Crippen molar-refractivity contribution in [2.45, 2.75) is 13.0 Å². The fraction of sp³-hybridized carbons (Fsp3) is 0.143. The van der Waals surface area contributed by atoms with Crippen molar-refractivity contribution in [1.82, 2.24) is 0 Å². The summed E-state index contributed by atoms with van der Waals surface area (Å²) in [6.07, 6.45) is 0. The lowest BCUT2D eigenvalue weighted by molar-refractivity contribution is 0.462. The molecule has 19 heavy (non-hydrogen) atoms. The summed E-state index contributed by atoms with van der Waals surface area (Å²) in [5, 5.41) is 18.2. The standard InChI is InChI=1S/C14H12Br2N2O/c1-9(13-7-4-11(16)8-14(13)19)17-18-12-5-2-10(15)3-6-12/h2-9,19H,1H3. The minimum atomic E-state index is -0.197. The van der Waals surface area contributed by atoms with Crippen molar-refractivity contribution in [3.63, 3.8) is 0 Å². The van der Waals surface area contributed by atoms with Crippen LogP contribution in [0.1, 0.15) is 18.5 Å². The van der Waals surface area contributed by atoms with E-state index in [-0.39, 0.29) is 11.8 Å². The SMILES string of the molecule is CC(N=Nc1ccc(Br)cc1)c1ccc(Br)cc1O. The van der Waals surface area contributed by atoms with Gasteiger partial charge in [-0.2, -0.15) is 10.2 Å². The quantitative estimate of drug-likeness (QED) is 0.672. The van der Waals surface area contributed by atoms with Crippen molar-refractivity contribution in [3.8, 4) is 5.75 Å². The van der Waals surface area contributed by atoms with E-state index in [2.05, 4.69) is 42.1 Å². The largest absolute Gasteiger partial charge is 0.508 e. The number of phenolic OH excluding ortho intramolecular Hbond substituents is 1. The number of nitrogens with zero attached hydrogens (tertiary/aromatic N) is 2. The average Bonchev–Trinajstić information content (AvgIpc) is 2.37. The normalized spacial score (nSPS) is 12.8. The minimum absolute atomic E-state index is 0.197. The molecule has 0 saturated carbocycles. The van der Waals surface area contributed by atoms with Crippen LogP contribution >= 0.6 is 31.9 Å². The van der Waals surface area contributed by atoms with Crippen LogP contribution in [-0.4, -0.2) is 5.11 Å². The van der Waals surface area contributed by atoms with Gasteiger partial charge in [0.15, 0.2) is 0 Å². The Morgan fingerprint density at radius 3 is 2.26 bits per heavy atom. The third-order valence-corrected chi connectivity index (χ3v) is 3.64. The summed E-state index contributed by atoms with van der Waals surface area (Å²) in [5.41, 5.74) is 1.54. The molecule has 0 aliphatic heterocycles. The highest BCUT2D eigenvalue weighted by molar-refractivity contribution is 9.10. The number of benzene rings is 2. The molecule has 1 atom stereocenters. The fourth-order valence-electron chi connectivity index (χ4n) is 1.59. The van der Waals surface area contributed by atoms with E-state index in [0.29, 0.717) is 0 Å². The maximum Gasteiger partial charge on any atom is 0.122 e. The lowest BCUT2D eigenvalue weighted by Crippen LogP contribution is -1.89. The molecule has 1 N–H and O–H groups in total. The fourth-order valence-corrected chi connectivity index (χ4v) is 2.21. The second kappa shape index (κ2) is 6.30. The van der Waals surface area contributed by atoms with Crippen molar-refractivity contribution in [3.05, 3.63) is 57.0 Å². The maximum absolute atomic E-state index is 9.86. The molecule has 0 spiro atoms. The Balaban J connectivity index is 2.16. The Hall–Kier alpha value is -1.20. The topological polar surface area (TPSA) is 45.0 Å². The van der Waals surface area contributed by atoms with Crippen LogP contribution in [0.2, 0.25) is 0 Å². The number of rotatable bonds is 3. The molecule has 0 aliphatic rings. The van der Waals surface area contributed by atoms with Crippen LogP contribution in [0.4, 0.5) is 5.69 Å². The van der Waals surface area contributed by atoms with E-state index in [9.17, 15) is 5.11 Å². The Morgan fingerprint density at radius 1 is 1.00 bits per heavy atom. The van der Waals surface area contributed by atoms with Gasteiger partial charge in [-0.25, -0.2) is 0 Å². The van der Waals surface area contributed by atoms with Gasteiger partial charge in [0, 0.05) is 14.5 Å². The summed E-state index contributed by atoms with van der Waals surface area (Å²) in [6.45, 7) is 1.89. The van der Waals surface area contributed by atoms with Gasteiger partial charge in [-0.05, 0) is 43.3 Å². The zero-order valence-electron chi connectivity index (χ0n) is 10.2. The van der Waals surface area contributed by atoms with Gasteiger partial charge < -0.3 is 5.11 Å². The number of hydrogen-bond donors (Lipinski definition) is 1. The molecule has 0 heterocycles. The molecule has 98 valence electrons. The highest BCUT2D eigenvalue weighted by Gasteiger charge is 2.09. The summed E-state index contributed by atoms with van der Waals surface area (Å²) in [4.78, 5) is 0. The molecule has 0 aliphatic carbocycles. The monoisotopic (exact) mass is 382 g/mol. The molecule has 1 unspecified atom stereocenters. The Bertz CT molecular complexity index is 597. The second-order valence-electron chi connectivity index (χ2n) is 4.07. The van der Waals surface area contributed by atoms with E-state index in [0.717, 1.165) is 20.2 Å². The number of halogens is 2. The maximum atomic E-state index is 9.86. The minimum Gasteiger partial charge on any atom is -0.508 e. The second-order valence-corrected chi connectivity index (χ2v) is 5.90. The first-order valence-corrected chi connectivity index (χ1v) is 7.29. The third kappa shape index (κ3) is 3.88. The first-order valence-electron chi connectivity index (χ1n) is 5.71. The van der Waals surface area contributed by atoms with Gasteiger partial charge in [0.1, 0.15) is 5.75 Å². The summed E-state index contributed by atoms with van der Waals surface area (Å²) in [6, 6.07) is 12.7. The molecule has 2 aromatic rings. The van der Waals surface area contributed by atoms with Crippen LogP contribution in [0.5, 0.6) is 5.75 Å². The van der Waals surface area contributed by atoms with Gasteiger partial charge >= 0.3 is 0 Å². The zero-order valence-corrected chi connectivity index (χ0v) is 13.4. The Labute approximate surface area is 128 Å². The highest BCUT2D eigenvalue weighted by atomic mass is 79.9. The van der Waals surface area contributed by atoms with E-state index in [1.165, 1.54) is 0 Å². The summed E-state index contributed by atoms with van der Waals surface area (Å²) >= 11 is 6.68. The van der Waals surface area contributed by atoms with Crippen LogP contribution in [-0.2, 0) is 0 Å². The predicted octanol–water partition coefficient (Wildman–Crippen LogP) is 5.76. The molecular formula is C14H12Br2N2O. The zero-order chi connectivity index (χ0) is 13.8. The van der Waals surface area contributed by atoms with Gasteiger partial charge in [0.2, 0.25) is 0 Å². The van der Waals surface area contributed by atoms with Crippen LogP contribution in [0.15, 0.2) is 61.6 Å². The van der Waals surface area contributed by atoms with Crippen LogP contribution in [0.25, 0.3) is 0 Å². The molecule has 3 nitrogen and oxygen atoms in total. The Morgan fingerprint density at radius 2 is 1.63 bits per heavy atom. The number of hydrogen-bond acceptors (Lipinski definition) is 3. The van der Waals surface area contributed by atoms with E-state index < -0.39 is 0 Å². The molecule has 5 heteroatoms. The summed E-state index contributed by atoms with van der Waals surface area (Å²) < 4.78 is 1.84. The van der Waals surface area contributed by atoms with Crippen molar-refractivity contribution in [2.75, 3.05) is 0 Å². The van der Waals surface area contributed by atoms with Crippen molar-refractivity contribution < 1.29 is 5.11 Å². The van der Waals surface area contributed by atoms with E-state index in [1.54, 1.807) is 6.07 Å². The van der Waals surface area contributed by atoms with Crippen molar-refractivity contribution >= 4 is 37.5 Å². The first kappa shape index (κ1) is 14.2. The summed E-state index contributed by atoms with van der Waals surface area (Å²) in [5.74, 6) is 0.219. The van der Waals surface area contributed by atoms with E-state index in [1.807, 2.05) is 43.3 Å². The van der Waals surface area contributed by atoms with Gasteiger partial charge in [-0.15, -0.1) is 0 Å². The number of aromatic hydroxyl groups is 1. The highest BCUT2D eigenvalue weighted by Crippen LogP contribution is 2.30. The van der Waals surface area contributed by atoms with Crippen molar-refractivity contribution in [2.24, 2.45) is 10.2 Å². The number of phenols is 1. The van der Waals surface area contributed by atoms with Gasteiger partial charge in [0.05, 0.1) is 11.7 Å². The molecule has 0 saturated heterocycles. The van der Waals surface area contributed by atoms with Crippen LogP contribution < -0.4 is 0 Å². The van der Waals surface area contributed by atoms with Crippen LogP contribution in [0.3, 0.4) is 0 Å². The molecule has 2 aromatic carbocycles. The smallest absolute Gasteiger partial charge is 0.122 e. The van der Waals surface area contributed by atoms with E-state index in [4.69, 9.17) is 0 Å². The molecule has 0 aromatic heterocycles. The predicted molar refractivity (Wildman–Crippen MR) is 82.9 cm³/mol.